The first-order valence-electron chi connectivity index (χ1n) is 6.74. The molecule has 0 spiro atoms. The van der Waals surface area contributed by atoms with Gasteiger partial charge in [-0.3, -0.25) is 9.59 Å². The Morgan fingerprint density at radius 2 is 2.00 bits per heavy atom. The molecule has 2 aliphatic heterocycles. The average Bonchev–Trinajstić information content (AvgIpc) is 2.63. The highest BCUT2D eigenvalue weighted by Crippen LogP contribution is 2.34. The number of amides is 1. The van der Waals surface area contributed by atoms with Gasteiger partial charge in [-0.15, -0.1) is 0 Å². The van der Waals surface area contributed by atoms with E-state index in [4.69, 9.17) is 4.74 Å². The van der Waals surface area contributed by atoms with E-state index in [1.165, 1.54) is 4.90 Å². The summed E-state index contributed by atoms with van der Waals surface area (Å²) in [5.74, 6) is -0.881. The molecule has 0 saturated carbocycles. The fourth-order valence-corrected chi connectivity index (χ4v) is 2.87. The molecule has 1 fully saturated rings. The number of carbonyl (C=O) groups is 2. The van der Waals surface area contributed by atoms with Crippen LogP contribution in [0.4, 0.5) is 11.4 Å². The van der Waals surface area contributed by atoms with Gasteiger partial charge in [-0.2, -0.15) is 0 Å². The number of hydrogen-bond donors (Lipinski definition) is 0. The molecular formula is C15H18N2O3. The van der Waals surface area contributed by atoms with Crippen LogP contribution in [-0.4, -0.2) is 44.0 Å². The van der Waals surface area contributed by atoms with Crippen LogP contribution >= 0.6 is 0 Å². The van der Waals surface area contributed by atoms with Crippen LogP contribution in [-0.2, 0) is 9.53 Å². The fraction of sp³-hybridized carbons (Fsp3) is 0.467. The number of likely N-dealkylation sites (N-methyl/N-ethyl adjacent to an activating group) is 1. The van der Waals surface area contributed by atoms with Gasteiger partial charge in [-0.05, 0) is 32.0 Å². The van der Waals surface area contributed by atoms with E-state index in [1.807, 2.05) is 12.1 Å². The van der Waals surface area contributed by atoms with Gasteiger partial charge in [0.1, 0.15) is 0 Å². The van der Waals surface area contributed by atoms with Gasteiger partial charge in [-0.25, -0.2) is 0 Å². The molecule has 0 unspecified atom stereocenters. The molecule has 0 aromatic heterocycles. The summed E-state index contributed by atoms with van der Waals surface area (Å²) in [6.07, 6.45) is 0. The van der Waals surface area contributed by atoms with Gasteiger partial charge >= 0.3 is 0 Å². The number of fused-ring (bicyclic) bond motifs is 1. The fourth-order valence-electron chi connectivity index (χ4n) is 2.87. The molecular weight excluding hydrogens is 256 g/mol. The molecule has 106 valence electrons. The largest absolute Gasteiger partial charge is 0.377 e. The van der Waals surface area contributed by atoms with Crippen LogP contribution in [0.25, 0.3) is 0 Å². The Kier molecular flexibility index (Phi) is 2.83. The number of Topliss-reactive ketones (excluding diaryl/α,β-unsaturated/α-hetero) is 1. The van der Waals surface area contributed by atoms with Gasteiger partial charge in [0.15, 0.2) is 0 Å². The Balaban J connectivity index is 2.02. The molecule has 1 aromatic rings. The van der Waals surface area contributed by atoms with E-state index in [2.05, 4.69) is 18.7 Å². The minimum Gasteiger partial charge on any atom is -0.377 e. The van der Waals surface area contributed by atoms with Gasteiger partial charge < -0.3 is 14.5 Å². The van der Waals surface area contributed by atoms with Crippen LogP contribution in [0, 0.1) is 0 Å². The van der Waals surface area contributed by atoms with Gasteiger partial charge in [-0.1, -0.05) is 0 Å². The lowest BCUT2D eigenvalue weighted by molar-refractivity contribution is -0.114. The molecule has 2 heterocycles. The predicted molar refractivity (Wildman–Crippen MR) is 76.4 cm³/mol. The topological polar surface area (TPSA) is 49.9 Å². The molecule has 5 nitrogen and oxygen atoms in total. The standard InChI is InChI=1S/C15H18N2O3/c1-15(2)9-20-7-6-17(15)10-4-5-11-12(8-10)16(3)14(19)13(11)18/h4-5,8H,6-7,9H2,1-3H3. The average molecular weight is 274 g/mol. The molecule has 1 amide bonds. The van der Waals surface area contributed by atoms with E-state index in [9.17, 15) is 9.59 Å². The van der Waals surface area contributed by atoms with Crippen molar-refractivity contribution in [1.82, 2.24) is 0 Å². The van der Waals surface area contributed by atoms with E-state index >= 15 is 0 Å². The second kappa shape index (κ2) is 4.31. The molecule has 0 atom stereocenters. The predicted octanol–water partition coefficient (Wildman–Crippen LogP) is 1.46. The summed E-state index contributed by atoms with van der Waals surface area (Å²) in [5.41, 5.74) is 2.11. The summed E-state index contributed by atoms with van der Waals surface area (Å²) in [7, 11) is 1.64. The quantitative estimate of drug-likeness (QED) is 0.728. The van der Waals surface area contributed by atoms with E-state index < -0.39 is 11.7 Å². The number of hydrogen-bond acceptors (Lipinski definition) is 4. The Labute approximate surface area is 118 Å². The lowest BCUT2D eigenvalue weighted by Crippen LogP contribution is -2.53. The summed E-state index contributed by atoms with van der Waals surface area (Å²) in [6.45, 7) is 6.40. The first kappa shape index (κ1) is 13.1. The molecule has 2 aliphatic rings. The van der Waals surface area contributed by atoms with Crippen molar-refractivity contribution in [1.29, 1.82) is 0 Å². The van der Waals surface area contributed by atoms with Crippen LogP contribution in [0.1, 0.15) is 24.2 Å². The van der Waals surface area contributed by atoms with Crippen LogP contribution < -0.4 is 9.80 Å². The van der Waals surface area contributed by atoms with Crippen molar-refractivity contribution in [3.8, 4) is 0 Å². The number of nitrogens with zero attached hydrogens (tertiary/aromatic N) is 2. The SMILES string of the molecule is CN1C(=O)C(=O)c2ccc(N3CCOCC3(C)C)cc21. The smallest absolute Gasteiger partial charge is 0.299 e. The van der Waals surface area contributed by atoms with Crippen LogP contribution in [0.3, 0.4) is 0 Å². The molecule has 0 bridgehead atoms. The van der Waals surface area contributed by atoms with Gasteiger partial charge in [0.25, 0.3) is 11.7 Å². The highest BCUT2D eigenvalue weighted by molar-refractivity contribution is 6.52. The third-order valence-electron chi connectivity index (χ3n) is 4.04. The second-order valence-corrected chi connectivity index (χ2v) is 5.91. The lowest BCUT2D eigenvalue weighted by Gasteiger charge is -2.44. The maximum absolute atomic E-state index is 11.8. The Morgan fingerprint density at radius 1 is 1.25 bits per heavy atom. The highest BCUT2D eigenvalue weighted by Gasteiger charge is 2.36. The minimum atomic E-state index is -0.460. The van der Waals surface area contributed by atoms with Crippen molar-refractivity contribution in [2.24, 2.45) is 0 Å². The summed E-state index contributed by atoms with van der Waals surface area (Å²) in [4.78, 5) is 27.2. The van der Waals surface area contributed by atoms with E-state index in [1.54, 1.807) is 13.1 Å². The maximum atomic E-state index is 11.8. The van der Waals surface area contributed by atoms with Crippen molar-refractivity contribution in [3.63, 3.8) is 0 Å². The van der Waals surface area contributed by atoms with E-state index in [-0.39, 0.29) is 5.54 Å². The van der Waals surface area contributed by atoms with Gasteiger partial charge in [0.2, 0.25) is 0 Å². The number of ketones is 1. The van der Waals surface area contributed by atoms with Crippen LogP contribution in [0.2, 0.25) is 0 Å². The number of ether oxygens (including phenoxy) is 1. The number of anilines is 2. The molecule has 1 aromatic carbocycles. The van der Waals surface area contributed by atoms with E-state index in [0.717, 1.165) is 12.2 Å². The summed E-state index contributed by atoms with van der Waals surface area (Å²) < 4.78 is 5.52. The zero-order valence-corrected chi connectivity index (χ0v) is 12.0. The monoisotopic (exact) mass is 274 g/mol. The molecule has 0 N–H and O–H groups in total. The Morgan fingerprint density at radius 3 is 2.70 bits per heavy atom. The third kappa shape index (κ3) is 1.81. The number of morpholine rings is 1. The number of benzene rings is 1. The summed E-state index contributed by atoms with van der Waals surface area (Å²) >= 11 is 0. The Bertz CT molecular complexity index is 595. The van der Waals surface area contributed by atoms with Gasteiger partial charge in [0, 0.05) is 19.3 Å². The van der Waals surface area contributed by atoms with Gasteiger partial charge in [0.05, 0.1) is 30.0 Å². The zero-order valence-electron chi connectivity index (χ0n) is 12.0. The molecule has 3 rings (SSSR count). The van der Waals surface area contributed by atoms with Crippen LogP contribution in [0.5, 0.6) is 0 Å². The van der Waals surface area contributed by atoms with Crippen molar-refractivity contribution in [2.45, 2.75) is 19.4 Å². The zero-order chi connectivity index (χ0) is 14.5. The molecule has 0 aliphatic carbocycles. The first-order valence-corrected chi connectivity index (χ1v) is 6.74. The molecule has 1 saturated heterocycles. The summed E-state index contributed by atoms with van der Waals surface area (Å²) in [5, 5.41) is 0. The first-order chi connectivity index (χ1) is 9.42. The third-order valence-corrected chi connectivity index (χ3v) is 4.04. The molecule has 5 heteroatoms. The summed E-state index contributed by atoms with van der Waals surface area (Å²) in [6, 6.07) is 5.58. The highest BCUT2D eigenvalue weighted by atomic mass is 16.5. The normalized spacial score (nSPS) is 21.4. The maximum Gasteiger partial charge on any atom is 0.299 e. The minimum absolute atomic E-state index is 0.0995. The number of carbonyl (C=O) groups excluding carboxylic acids is 2. The molecule has 0 radical (unpaired) electrons. The Hall–Kier alpha value is -1.88. The lowest BCUT2D eigenvalue weighted by atomic mass is 10.0. The van der Waals surface area contributed by atoms with Crippen molar-refractivity contribution < 1.29 is 14.3 Å². The van der Waals surface area contributed by atoms with E-state index in [0.29, 0.717) is 24.5 Å². The second-order valence-electron chi connectivity index (χ2n) is 5.91. The van der Waals surface area contributed by atoms with Crippen molar-refractivity contribution >= 4 is 23.1 Å². The molecule has 20 heavy (non-hydrogen) atoms. The van der Waals surface area contributed by atoms with Crippen LogP contribution in [0.15, 0.2) is 18.2 Å². The number of rotatable bonds is 1. The van der Waals surface area contributed by atoms with Crippen molar-refractivity contribution in [2.75, 3.05) is 36.6 Å². The van der Waals surface area contributed by atoms with Crippen molar-refractivity contribution in [3.05, 3.63) is 23.8 Å².